The van der Waals surface area contributed by atoms with Crippen LogP contribution in [-0.4, -0.2) is 37.4 Å². The predicted molar refractivity (Wildman–Crippen MR) is 113 cm³/mol. The van der Waals surface area contributed by atoms with Crippen LogP contribution in [-0.2, 0) is 20.8 Å². The molecular formula is C22H24ClN3O3. The number of hydrogen-bond acceptors (Lipinski definition) is 3. The first-order valence-corrected chi connectivity index (χ1v) is 10.0. The number of carbonyl (C=O) groups is 3. The fourth-order valence-electron chi connectivity index (χ4n) is 3.30. The summed E-state index contributed by atoms with van der Waals surface area (Å²) >= 11 is 5.99. The van der Waals surface area contributed by atoms with Crippen molar-refractivity contribution in [2.24, 2.45) is 5.92 Å². The van der Waals surface area contributed by atoms with E-state index in [1.54, 1.807) is 29.2 Å². The van der Waals surface area contributed by atoms with Gasteiger partial charge in [0.2, 0.25) is 17.7 Å². The average molecular weight is 414 g/mol. The molecule has 3 amide bonds. The summed E-state index contributed by atoms with van der Waals surface area (Å²) < 4.78 is 0. The molecule has 2 aromatic rings. The van der Waals surface area contributed by atoms with Crippen molar-refractivity contribution in [2.45, 2.75) is 19.3 Å². The fourth-order valence-corrected chi connectivity index (χ4v) is 3.48. The van der Waals surface area contributed by atoms with Crippen molar-refractivity contribution in [3.8, 4) is 0 Å². The molecule has 3 rings (SSSR count). The van der Waals surface area contributed by atoms with E-state index in [0.29, 0.717) is 43.2 Å². The van der Waals surface area contributed by atoms with Gasteiger partial charge in [-0.1, -0.05) is 48.0 Å². The van der Waals surface area contributed by atoms with Crippen LogP contribution in [0.15, 0.2) is 54.6 Å². The number of rotatable bonds is 8. The maximum absolute atomic E-state index is 12.4. The Labute approximate surface area is 175 Å². The second-order valence-corrected chi connectivity index (χ2v) is 7.45. The van der Waals surface area contributed by atoms with Gasteiger partial charge >= 0.3 is 0 Å². The Hall–Kier alpha value is -2.86. The van der Waals surface area contributed by atoms with Gasteiger partial charge < -0.3 is 15.5 Å². The molecule has 1 atom stereocenters. The zero-order chi connectivity index (χ0) is 20.6. The van der Waals surface area contributed by atoms with Gasteiger partial charge in [0.05, 0.1) is 5.92 Å². The van der Waals surface area contributed by atoms with Crippen LogP contribution in [0.2, 0.25) is 5.02 Å². The molecule has 0 spiro atoms. The average Bonchev–Trinajstić information content (AvgIpc) is 3.12. The van der Waals surface area contributed by atoms with Crippen molar-refractivity contribution in [2.75, 3.05) is 24.5 Å². The number of benzene rings is 2. The summed E-state index contributed by atoms with van der Waals surface area (Å²) in [6, 6.07) is 16.8. The minimum Gasteiger partial charge on any atom is -0.354 e. The Morgan fingerprint density at radius 1 is 1.03 bits per heavy atom. The highest BCUT2D eigenvalue weighted by atomic mass is 35.5. The van der Waals surface area contributed by atoms with Gasteiger partial charge in [-0.05, 0) is 30.2 Å². The van der Waals surface area contributed by atoms with Crippen molar-refractivity contribution < 1.29 is 14.4 Å². The molecule has 29 heavy (non-hydrogen) atoms. The van der Waals surface area contributed by atoms with Crippen LogP contribution in [0.1, 0.15) is 18.4 Å². The van der Waals surface area contributed by atoms with Crippen molar-refractivity contribution in [3.63, 3.8) is 0 Å². The SMILES string of the molecule is O=C(CCc1ccccc1)NCCNC(=O)[C@H]1CC(=O)N(c2cccc(Cl)c2)C1. The highest BCUT2D eigenvalue weighted by Crippen LogP contribution is 2.27. The fraction of sp³-hybridized carbons (Fsp3) is 0.318. The van der Waals surface area contributed by atoms with Gasteiger partial charge in [0.15, 0.2) is 0 Å². The van der Waals surface area contributed by atoms with Crippen LogP contribution in [0.3, 0.4) is 0 Å². The van der Waals surface area contributed by atoms with Gasteiger partial charge in [-0.25, -0.2) is 0 Å². The van der Waals surface area contributed by atoms with Crippen molar-refractivity contribution in [3.05, 3.63) is 65.2 Å². The second-order valence-electron chi connectivity index (χ2n) is 7.01. The molecule has 0 aromatic heterocycles. The van der Waals surface area contributed by atoms with E-state index in [1.807, 2.05) is 30.3 Å². The first-order valence-electron chi connectivity index (χ1n) is 9.67. The van der Waals surface area contributed by atoms with Gasteiger partial charge in [0.25, 0.3) is 0 Å². The third-order valence-corrected chi connectivity index (χ3v) is 5.08. The zero-order valence-corrected chi connectivity index (χ0v) is 16.8. The third-order valence-electron chi connectivity index (χ3n) is 4.85. The highest BCUT2D eigenvalue weighted by Gasteiger charge is 2.34. The molecule has 0 unspecified atom stereocenters. The predicted octanol–water partition coefficient (Wildman–Crippen LogP) is 2.56. The van der Waals surface area contributed by atoms with Gasteiger partial charge in [0.1, 0.15) is 0 Å². The summed E-state index contributed by atoms with van der Waals surface area (Å²) in [6.45, 7) is 1.02. The molecule has 1 heterocycles. The lowest BCUT2D eigenvalue weighted by atomic mass is 10.1. The molecule has 1 fully saturated rings. The molecule has 0 aliphatic carbocycles. The van der Waals surface area contributed by atoms with Crippen LogP contribution < -0.4 is 15.5 Å². The molecule has 0 bridgehead atoms. The molecule has 0 saturated carbocycles. The zero-order valence-electron chi connectivity index (χ0n) is 16.1. The summed E-state index contributed by atoms with van der Waals surface area (Å²) in [4.78, 5) is 38.1. The standard InChI is InChI=1S/C22H24ClN3O3/c23-18-7-4-8-19(14-18)26-15-17(13-21(26)28)22(29)25-12-11-24-20(27)10-9-16-5-2-1-3-6-16/h1-8,14,17H,9-13,15H2,(H,24,27)(H,25,29)/t17-/m0/s1. The van der Waals surface area contributed by atoms with Crippen molar-refractivity contribution >= 4 is 35.0 Å². The number of anilines is 1. The van der Waals surface area contributed by atoms with Crippen LogP contribution in [0.5, 0.6) is 0 Å². The van der Waals surface area contributed by atoms with E-state index in [0.717, 1.165) is 5.56 Å². The molecule has 1 saturated heterocycles. The summed E-state index contributed by atoms with van der Waals surface area (Å²) in [5, 5.41) is 6.15. The maximum Gasteiger partial charge on any atom is 0.227 e. The summed E-state index contributed by atoms with van der Waals surface area (Å²) in [5.74, 6) is -0.732. The van der Waals surface area contributed by atoms with E-state index < -0.39 is 5.92 Å². The molecule has 152 valence electrons. The smallest absolute Gasteiger partial charge is 0.227 e. The Kier molecular flexibility index (Phi) is 7.25. The van der Waals surface area contributed by atoms with E-state index in [-0.39, 0.29) is 24.1 Å². The molecular weight excluding hydrogens is 390 g/mol. The summed E-state index contributed by atoms with van der Waals surface area (Å²) in [6.07, 6.45) is 1.26. The van der Waals surface area contributed by atoms with E-state index in [4.69, 9.17) is 11.6 Å². The number of aryl methyl sites for hydroxylation is 1. The van der Waals surface area contributed by atoms with Crippen LogP contribution >= 0.6 is 11.6 Å². The Morgan fingerprint density at radius 3 is 2.55 bits per heavy atom. The molecule has 1 aliphatic rings. The Bertz CT molecular complexity index is 873. The van der Waals surface area contributed by atoms with Crippen molar-refractivity contribution in [1.82, 2.24) is 10.6 Å². The van der Waals surface area contributed by atoms with Crippen LogP contribution in [0.25, 0.3) is 0 Å². The number of nitrogens with one attached hydrogen (secondary N) is 2. The monoisotopic (exact) mass is 413 g/mol. The lowest BCUT2D eigenvalue weighted by Crippen LogP contribution is -2.38. The van der Waals surface area contributed by atoms with Crippen LogP contribution in [0.4, 0.5) is 5.69 Å². The molecule has 7 heteroatoms. The Morgan fingerprint density at radius 2 is 1.79 bits per heavy atom. The maximum atomic E-state index is 12.4. The molecule has 0 radical (unpaired) electrons. The van der Waals surface area contributed by atoms with E-state index in [1.165, 1.54) is 0 Å². The third kappa shape index (κ3) is 6.06. The van der Waals surface area contributed by atoms with E-state index in [2.05, 4.69) is 10.6 Å². The second kappa shape index (κ2) is 10.1. The molecule has 6 nitrogen and oxygen atoms in total. The quantitative estimate of drug-likeness (QED) is 0.653. The number of carbonyl (C=O) groups excluding carboxylic acids is 3. The summed E-state index contributed by atoms with van der Waals surface area (Å²) in [7, 11) is 0. The van der Waals surface area contributed by atoms with Gasteiger partial charge in [-0.3, -0.25) is 14.4 Å². The van der Waals surface area contributed by atoms with Crippen molar-refractivity contribution in [1.29, 1.82) is 0 Å². The lowest BCUT2D eigenvalue weighted by Gasteiger charge is -2.17. The van der Waals surface area contributed by atoms with E-state index in [9.17, 15) is 14.4 Å². The molecule has 2 aromatic carbocycles. The number of halogens is 1. The minimum atomic E-state index is -0.407. The summed E-state index contributed by atoms with van der Waals surface area (Å²) in [5.41, 5.74) is 1.81. The Balaban J connectivity index is 1.36. The minimum absolute atomic E-state index is 0.0497. The highest BCUT2D eigenvalue weighted by molar-refractivity contribution is 6.31. The first kappa shape index (κ1) is 20.9. The number of amides is 3. The topological polar surface area (TPSA) is 78.5 Å². The number of nitrogens with zero attached hydrogens (tertiary/aromatic N) is 1. The molecule has 1 aliphatic heterocycles. The van der Waals surface area contributed by atoms with Gasteiger partial charge in [0, 0.05) is 43.2 Å². The largest absolute Gasteiger partial charge is 0.354 e. The first-order chi connectivity index (χ1) is 14.0. The number of hydrogen-bond donors (Lipinski definition) is 2. The normalized spacial score (nSPS) is 16.0. The van der Waals surface area contributed by atoms with Gasteiger partial charge in [-0.2, -0.15) is 0 Å². The molecule has 2 N–H and O–H groups in total. The van der Waals surface area contributed by atoms with E-state index >= 15 is 0 Å². The lowest BCUT2D eigenvalue weighted by molar-refractivity contribution is -0.126. The van der Waals surface area contributed by atoms with Crippen LogP contribution in [0, 0.1) is 5.92 Å². The van der Waals surface area contributed by atoms with Gasteiger partial charge in [-0.15, -0.1) is 0 Å².